The van der Waals surface area contributed by atoms with Crippen molar-refractivity contribution in [2.45, 2.75) is 0 Å². The predicted octanol–water partition coefficient (Wildman–Crippen LogP) is 0.209. The summed E-state index contributed by atoms with van der Waals surface area (Å²) in [6.45, 7) is 0.561. The molecule has 0 heterocycles. The lowest BCUT2D eigenvalue weighted by atomic mass is 10.5. The highest BCUT2D eigenvalue weighted by Crippen LogP contribution is 1.83. The van der Waals surface area contributed by atoms with Gasteiger partial charge in [-0.15, -0.1) is 0 Å². The summed E-state index contributed by atoms with van der Waals surface area (Å²) in [6, 6.07) is 0. The van der Waals surface area contributed by atoms with Crippen LogP contribution in [0.4, 0.5) is 0 Å². The number of methoxy groups -OCH3 is 1. The zero-order valence-electron chi connectivity index (χ0n) is 7.03. The van der Waals surface area contributed by atoms with Gasteiger partial charge < -0.3 is 9.57 Å². The summed E-state index contributed by atoms with van der Waals surface area (Å²) in [4.78, 5) is 15.3. The molecule has 0 unspecified atom stereocenters. The van der Waals surface area contributed by atoms with Gasteiger partial charge in [-0.2, -0.15) is 5.06 Å². The molecule has 4 nitrogen and oxygen atoms in total. The number of hydroxylamine groups is 2. The number of rotatable bonds is 4. The van der Waals surface area contributed by atoms with Crippen LogP contribution in [0.15, 0.2) is 12.2 Å². The smallest absolute Gasteiger partial charge is 0.330 e. The second kappa shape index (κ2) is 5.88. The van der Waals surface area contributed by atoms with Crippen LogP contribution in [0.5, 0.6) is 0 Å². The first-order valence-corrected chi connectivity index (χ1v) is 3.20. The third-order valence-electron chi connectivity index (χ3n) is 1.13. The van der Waals surface area contributed by atoms with E-state index in [1.54, 1.807) is 25.3 Å². The highest BCUT2D eigenvalue weighted by Gasteiger charge is 1.92. The monoisotopic (exact) mass is 159 g/mol. The standard InChI is InChI=1S/C7H13NO3/c1-8(11-3)6-4-5-7(9)10-2/h4-5H,6H2,1-3H3/b5-4+. The second-order valence-electron chi connectivity index (χ2n) is 1.92. The lowest BCUT2D eigenvalue weighted by Crippen LogP contribution is -2.16. The van der Waals surface area contributed by atoms with Crippen LogP contribution in [0.3, 0.4) is 0 Å². The maximum Gasteiger partial charge on any atom is 0.330 e. The van der Waals surface area contributed by atoms with E-state index in [1.807, 2.05) is 0 Å². The van der Waals surface area contributed by atoms with E-state index in [1.165, 1.54) is 13.2 Å². The zero-order chi connectivity index (χ0) is 8.69. The molecule has 0 aliphatic rings. The Hall–Kier alpha value is -0.870. The van der Waals surface area contributed by atoms with Crippen LogP contribution in [0.25, 0.3) is 0 Å². The minimum atomic E-state index is -0.352. The molecule has 0 fully saturated rings. The zero-order valence-corrected chi connectivity index (χ0v) is 7.03. The van der Waals surface area contributed by atoms with Crippen LogP contribution >= 0.6 is 0 Å². The van der Waals surface area contributed by atoms with Crippen LogP contribution in [-0.4, -0.2) is 38.8 Å². The van der Waals surface area contributed by atoms with Crippen molar-refractivity contribution in [3.05, 3.63) is 12.2 Å². The Balaban J connectivity index is 3.51. The fraction of sp³-hybridized carbons (Fsp3) is 0.571. The summed E-state index contributed by atoms with van der Waals surface area (Å²) in [5.74, 6) is -0.352. The molecule has 0 saturated carbocycles. The Kier molecular flexibility index (Phi) is 5.42. The largest absolute Gasteiger partial charge is 0.466 e. The molecular formula is C7H13NO3. The number of hydrogen-bond acceptors (Lipinski definition) is 4. The van der Waals surface area contributed by atoms with Crippen LogP contribution in [0.2, 0.25) is 0 Å². The summed E-state index contributed by atoms with van der Waals surface area (Å²) in [6.07, 6.45) is 3.02. The predicted molar refractivity (Wildman–Crippen MR) is 40.8 cm³/mol. The number of likely N-dealkylation sites (N-methyl/N-ethyl adjacent to an activating group) is 1. The minimum absolute atomic E-state index is 0.352. The Morgan fingerprint density at radius 3 is 2.64 bits per heavy atom. The van der Waals surface area contributed by atoms with E-state index in [-0.39, 0.29) is 5.97 Å². The first-order valence-electron chi connectivity index (χ1n) is 3.20. The van der Waals surface area contributed by atoms with Crippen molar-refractivity contribution in [1.29, 1.82) is 0 Å². The van der Waals surface area contributed by atoms with Crippen LogP contribution < -0.4 is 0 Å². The van der Waals surface area contributed by atoms with Gasteiger partial charge in [0, 0.05) is 19.7 Å². The highest BCUT2D eigenvalue weighted by atomic mass is 16.7. The van der Waals surface area contributed by atoms with Gasteiger partial charge in [0.25, 0.3) is 0 Å². The fourth-order valence-corrected chi connectivity index (χ4v) is 0.440. The number of carbonyl (C=O) groups is 1. The van der Waals surface area contributed by atoms with Crippen LogP contribution in [-0.2, 0) is 14.4 Å². The average Bonchev–Trinajstić information content (AvgIpc) is 2.04. The van der Waals surface area contributed by atoms with Crippen molar-refractivity contribution in [3.63, 3.8) is 0 Å². The summed E-state index contributed by atoms with van der Waals surface area (Å²) in [7, 11) is 4.67. The molecule has 0 atom stereocenters. The maximum absolute atomic E-state index is 10.5. The molecule has 0 bridgehead atoms. The summed E-state index contributed by atoms with van der Waals surface area (Å²) < 4.78 is 4.38. The van der Waals surface area contributed by atoms with E-state index in [4.69, 9.17) is 4.84 Å². The van der Waals surface area contributed by atoms with E-state index in [2.05, 4.69) is 4.74 Å². The van der Waals surface area contributed by atoms with Gasteiger partial charge in [0.2, 0.25) is 0 Å². The van der Waals surface area contributed by atoms with Crippen molar-refractivity contribution in [3.8, 4) is 0 Å². The molecule has 0 aromatic rings. The van der Waals surface area contributed by atoms with Gasteiger partial charge in [0.1, 0.15) is 0 Å². The Morgan fingerprint density at radius 2 is 2.18 bits per heavy atom. The third-order valence-corrected chi connectivity index (χ3v) is 1.13. The van der Waals surface area contributed by atoms with Crippen molar-refractivity contribution in [2.24, 2.45) is 0 Å². The highest BCUT2D eigenvalue weighted by molar-refractivity contribution is 5.81. The number of nitrogens with zero attached hydrogens (tertiary/aromatic N) is 1. The van der Waals surface area contributed by atoms with Gasteiger partial charge in [0.05, 0.1) is 14.2 Å². The Morgan fingerprint density at radius 1 is 1.55 bits per heavy atom. The number of hydrogen-bond donors (Lipinski definition) is 0. The average molecular weight is 159 g/mol. The van der Waals surface area contributed by atoms with Gasteiger partial charge in [-0.05, 0) is 0 Å². The van der Waals surface area contributed by atoms with Gasteiger partial charge in [-0.3, -0.25) is 0 Å². The van der Waals surface area contributed by atoms with Crippen molar-refractivity contribution >= 4 is 5.97 Å². The van der Waals surface area contributed by atoms with Crippen molar-refractivity contribution in [2.75, 3.05) is 27.8 Å². The molecule has 0 amide bonds. The van der Waals surface area contributed by atoms with Crippen LogP contribution in [0, 0.1) is 0 Å². The van der Waals surface area contributed by atoms with Crippen molar-refractivity contribution in [1.82, 2.24) is 5.06 Å². The molecule has 0 aliphatic heterocycles. The second-order valence-corrected chi connectivity index (χ2v) is 1.92. The SMILES string of the molecule is COC(=O)/C=C/CN(C)OC. The summed E-state index contributed by atoms with van der Waals surface area (Å²) in [5.41, 5.74) is 0. The molecular weight excluding hydrogens is 146 g/mol. The molecule has 0 radical (unpaired) electrons. The molecule has 0 saturated heterocycles. The van der Waals surface area contributed by atoms with Gasteiger partial charge in [-0.25, -0.2) is 4.79 Å². The lowest BCUT2D eigenvalue weighted by molar-refractivity contribution is -0.134. The molecule has 0 aromatic heterocycles. The summed E-state index contributed by atoms with van der Waals surface area (Å²) >= 11 is 0. The van der Waals surface area contributed by atoms with Gasteiger partial charge in [-0.1, -0.05) is 6.08 Å². The van der Waals surface area contributed by atoms with Crippen molar-refractivity contribution < 1.29 is 14.4 Å². The van der Waals surface area contributed by atoms with E-state index in [9.17, 15) is 4.79 Å². The van der Waals surface area contributed by atoms with E-state index in [0.29, 0.717) is 6.54 Å². The lowest BCUT2D eigenvalue weighted by Gasteiger charge is -2.08. The number of ether oxygens (including phenoxy) is 1. The Bertz CT molecular complexity index is 145. The van der Waals surface area contributed by atoms with Gasteiger partial charge >= 0.3 is 5.97 Å². The maximum atomic E-state index is 10.5. The van der Waals surface area contributed by atoms with Gasteiger partial charge in [0.15, 0.2) is 0 Å². The first-order chi connectivity index (χ1) is 5.20. The van der Waals surface area contributed by atoms with E-state index in [0.717, 1.165) is 0 Å². The molecule has 0 spiro atoms. The van der Waals surface area contributed by atoms with E-state index >= 15 is 0 Å². The number of carbonyl (C=O) groups excluding carboxylic acids is 1. The molecule has 11 heavy (non-hydrogen) atoms. The summed E-state index contributed by atoms with van der Waals surface area (Å²) in [5, 5.41) is 1.58. The Labute approximate surface area is 66.3 Å². The molecule has 64 valence electrons. The normalized spacial score (nSPS) is 10.9. The quantitative estimate of drug-likeness (QED) is 0.334. The van der Waals surface area contributed by atoms with E-state index < -0.39 is 0 Å². The molecule has 0 aliphatic carbocycles. The number of esters is 1. The molecule has 4 heteroatoms. The third kappa shape index (κ3) is 5.57. The van der Waals surface area contributed by atoms with Crippen LogP contribution in [0.1, 0.15) is 0 Å². The molecule has 0 N–H and O–H groups in total. The first kappa shape index (κ1) is 10.1. The topological polar surface area (TPSA) is 38.8 Å². The molecule has 0 rings (SSSR count). The molecule has 0 aromatic carbocycles. The fourth-order valence-electron chi connectivity index (χ4n) is 0.440. The minimum Gasteiger partial charge on any atom is -0.466 e.